The minimum atomic E-state index is -0.554. The summed E-state index contributed by atoms with van der Waals surface area (Å²) < 4.78 is 17.5. The summed E-state index contributed by atoms with van der Waals surface area (Å²) in [4.78, 5) is 23.8. The third kappa shape index (κ3) is 4.76. The molecule has 20 heavy (non-hydrogen) atoms. The van der Waals surface area contributed by atoms with Gasteiger partial charge in [0.1, 0.15) is 5.60 Å². The number of Topliss-reactive ketones (excluding diaryl/α,β-unsaturated/α-hetero) is 1. The molecular formula is C16H21FO3. The number of carbonyl (C=O) groups excluding carboxylic acids is 2. The molecule has 4 heteroatoms. The minimum Gasteiger partial charge on any atom is -0.456 e. The van der Waals surface area contributed by atoms with Crippen LogP contribution in [0.25, 0.3) is 0 Å². The summed E-state index contributed by atoms with van der Waals surface area (Å²) in [7, 11) is 0. The molecular weight excluding hydrogens is 259 g/mol. The minimum absolute atomic E-state index is 0.113. The fourth-order valence-corrected chi connectivity index (χ4v) is 1.69. The maximum absolute atomic E-state index is 12.2. The second kappa shape index (κ2) is 6.64. The Labute approximate surface area is 119 Å². The van der Waals surface area contributed by atoms with E-state index in [0.717, 1.165) is 0 Å². The highest BCUT2D eigenvalue weighted by atomic mass is 19.1. The van der Waals surface area contributed by atoms with Gasteiger partial charge in [-0.2, -0.15) is 0 Å². The summed E-state index contributed by atoms with van der Waals surface area (Å²) >= 11 is 0. The van der Waals surface area contributed by atoms with Crippen molar-refractivity contribution in [3.8, 4) is 0 Å². The van der Waals surface area contributed by atoms with E-state index in [-0.39, 0.29) is 18.1 Å². The van der Waals surface area contributed by atoms with Gasteiger partial charge in [-0.25, -0.2) is 4.79 Å². The van der Waals surface area contributed by atoms with Crippen LogP contribution in [0.4, 0.5) is 4.39 Å². The normalized spacial score (nSPS) is 12.8. The maximum Gasteiger partial charge on any atom is 0.338 e. The first kappa shape index (κ1) is 16.3. The first-order valence-electron chi connectivity index (χ1n) is 6.68. The van der Waals surface area contributed by atoms with Crippen molar-refractivity contribution in [2.45, 2.75) is 39.7 Å². The summed E-state index contributed by atoms with van der Waals surface area (Å²) in [5, 5.41) is 0. The number of carbonyl (C=O) groups is 2. The second-order valence-electron chi connectivity index (χ2n) is 5.82. The van der Waals surface area contributed by atoms with Gasteiger partial charge in [0.25, 0.3) is 0 Å². The lowest BCUT2D eigenvalue weighted by Gasteiger charge is -2.19. The molecule has 0 radical (unpaired) electrons. The van der Waals surface area contributed by atoms with Crippen molar-refractivity contribution in [2.24, 2.45) is 5.92 Å². The van der Waals surface area contributed by atoms with E-state index in [1.165, 1.54) is 0 Å². The zero-order valence-corrected chi connectivity index (χ0v) is 12.4. The lowest BCUT2D eigenvalue weighted by atomic mass is 9.96. The highest BCUT2D eigenvalue weighted by Gasteiger charge is 2.19. The monoisotopic (exact) mass is 280 g/mol. The van der Waals surface area contributed by atoms with E-state index >= 15 is 0 Å². The molecule has 0 N–H and O–H groups in total. The molecule has 0 saturated carbocycles. The molecule has 1 rings (SSSR count). The number of hydrogen-bond donors (Lipinski definition) is 0. The smallest absolute Gasteiger partial charge is 0.338 e. The number of ketones is 1. The lowest BCUT2D eigenvalue weighted by molar-refractivity contribution is 0.00693. The first-order valence-corrected chi connectivity index (χ1v) is 6.68. The van der Waals surface area contributed by atoms with E-state index in [4.69, 9.17) is 4.74 Å². The fraction of sp³-hybridized carbons (Fsp3) is 0.500. The average Bonchev–Trinajstić information content (AvgIpc) is 2.36. The number of ether oxygens (including phenoxy) is 1. The van der Waals surface area contributed by atoms with Crippen molar-refractivity contribution in [1.29, 1.82) is 0 Å². The molecule has 1 aromatic rings. The summed E-state index contributed by atoms with van der Waals surface area (Å²) in [6.45, 7) is 6.57. The van der Waals surface area contributed by atoms with E-state index in [1.807, 2.05) is 0 Å². The van der Waals surface area contributed by atoms with E-state index in [0.29, 0.717) is 11.1 Å². The van der Waals surface area contributed by atoms with E-state index < -0.39 is 18.2 Å². The number of hydrogen-bond acceptors (Lipinski definition) is 3. The van der Waals surface area contributed by atoms with Gasteiger partial charge in [0, 0.05) is 11.5 Å². The van der Waals surface area contributed by atoms with Crippen LogP contribution in [0.1, 0.15) is 54.8 Å². The molecule has 0 aromatic heterocycles. The van der Waals surface area contributed by atoms with Gasteiger partial charge in [0.2, 0.25) is 0 Å². The Morgan fingerprint density at radius 2 is 1.65 bits per heavy atom. The Morgan fingerprint density at radius 1 is 1.15 bits per heavy atom. The summed E-state index contributed by atoms with van der Waals surface area (Å²) in [6.07, 6.45) is 0.215. The molecule has 1 atom stereocenters. The average molecular weight is 280 g/mol. The van der Waals surface area contributed by atoms with Gasteiger partial charge in [-0.05, 0) is 39.3 Å². The molecule has 0 bridgehead atoms. The lowest BCUT2D eigenvalue weighted by Crippen LogP contribution is -2.23. The van der Waals surface area contributed by atoms with Crippen LogP contribution in [0.5, 0.6) is 0 Å². The van der Waals surface area contributed by atoms with Gasteiger partial charge in [-0.3, -0.25) is 9.18 Å². The highest BCUT2D eigenvalue weighted by molar-refractivity contribution is 5.98. The van der Waals surface area contributed by atoms with Crippen LogP contribution in [0, 0.1) is 5.92 Å². The molecule has 110 valence electrons. The van der Waals surface area contributed by atoms with Crippen LogP contribution in [0.2, 0.25) is 0 Å². The fourth-order valence-electron chi connectivity index (χ4n) is 1.69. The molecule has 0 aliphatic carbocycles. The largest absolute Gasteiger partial charge is 0.456 e. The van der Waals surface area contributed by atoms with Crippen molar-refractivity contribution in [2.75, 3.05) is 6.67 Å². The predicted octanol–water partition coefficient (Wildman–Crippen LogP) is 3.82. The molecule has 0 aliphatic rings. The molecule has 0 aliphatic heterocycles. The van der Waals surface area contributed by atoms with Crippen LogP contribution in [-0.2, 0) is 4.74 Å². The standard InChI is InChI=1S/C16H21FO3/c1-11(9-10-17)14(18)12-5-7-13(8-6-12)15(19)20-16(2,3)4/h5-8,11H,9-10H2,1-4H3. The molecule has 1 unspecified atom stereocenters. The van der Waals surface area contributed by atoms with Gasteiger partial charge < -0.3 is 4.74 Å². The Hall–Kier alpha value is -1.71. The molecule has 0 fully saturated rings. The second-order valence-corrected chi connectivity index (χ2v) is 5.82. The van der Waals surface area contributed by atoms with Crippen molar-refractivity contribution < 1.29 is 18.7 Å². The number of rotatable bonds is 5. The van der Waals surface area contributed by atoms with Crippen LogP contribution in [-0.4, -0.2) is 24.0 Å². The SMILES string of the molecule is CC(CCF)C(=O)c1ccc(C(=O)OC(C)(C)C)cc1. The van der Waals surface area contributed by atoms with E-state index in [9.17, 15) is 14.0 Å². The van der Waals surface area contributed by atoms with Crippen molar-refractivity contribution >= 4 is 11.8 Å². The van der Waals surface area contributed by atoms with Crippen molar-refractivity contribution in [1.82, 2.24) is 0 Å². The first-order chi connectivity index (χ1) is 9.24. The zero-order chi connectivity index (χ0) is 15.3. The zero-order valence-electron chi connectivity index (χ0n) is 12.4. The van der Waals surface area contributed by atoms with Crippen LogP contribution < -0.4 is 0 Å². The molecule has 0 spiro atoms. The van der Waals surface area contributed by atoms with Crippen molar-refractivity contribution in [3.05, 3.63) is 35.4 Å². The predicted molar refractivity (Wildman–Crippen MR) is 75.7 cm³/mol. The van der Waals surface area contributed by atoms with Crippen LogP contribution >= 0.6 is 0 Å². The van der Waals surface area contributed by atoms with Gasteiger partial charge in [-0.1, -0.05) is 19.1 Å². The molecule has 3 nitrogen and oxygen atoms in total. The van der Waals surface area contributed by atoms with Crippen LogP contribution in [0.3, 0.4) is 0 Å². The molecule has 1 aromatic carbocycles. The quantitative estimate of drug-likeness (QED) is 0.608. The number of halogens is 1. The Balaban J connectivity index is 2.79. The van der Waals surface area contributed by atoms with Gasteiger partial charge in [0.05, 0.1) is 12.2 Å². The molecule has 0 heterocycles. The number of benzene rings is 1. The third-order valence-corrected chi connectivity index (χ3v) is 2.79. The Morgan fingerprint density at radius 3 is 2.10 bits per heavy atom. The third-order valence-electron chi connectivity index (χ3n) is 2.79. The Kier molecular flexibility index (Phi) is 5.43. The topological polar surface area (TPSA) is 43.4 Å². The van der Waals surface area contributed by atoms with E-state index in [2.05, 4.69) is 0 Å². The highest BCUT2D eigenvalue weighted by Crippen LogP contribution is 2.16. The van der Waals surface area contributed by atoms with Crippen molar-refractivity contribution in [3.63, 3.8) is 0 Å². The van der Waals surface area contributed by atoms with Gasteiger partial charge >= 0.3 is 5.97 Å². The number of alkyl halides is 1. The number of esters is 1. The summed E-state index contributed by atoms with van der Waals surface area (Å²) in [6, 6.07) is 6.28. The maximum atomic E-state index is 12.2. The van der Waals surface area contributed by atoms with Crippen LogP contribution in [0.15, 0.2) is 24.3 Å². The molecule has 0 saturated heterocycles. The van der Waals surface area contributed by atoms with Gasteiger partial charge in [0.15, 0.2) is 5.78 Å². The Bertz CT molecular complexity index is 471. The molecule has 0 amide bonds. The van der Waals surface area contributed by atoms with Gasteiger partial charge in [-0.15, -0.1) is 0 Å². The summed E-state index contributed by atoms with van der Waals surface area (Å²) in [5.41, 5.74) is 0.328. The summed E-state index contributed by atoms with van der Waals surface area (Å²) in [5.74, 6) is -0.890. The van der Waals surface area contributed by atoms with E-state index in [1.54, 1.807) is 52.0 Å².